The highest BCUT2D eigenvalue weighted by Gasteiger charge is 2.38. The van der Waals surface area contributed by atoms with E-state index in [0.717, 1.165) is 25.9 Å². The first kappa shape index (κ1) is 13.1. The molecule has 1 aromatic rings. The summed E-state index contributed by atoms with van der Waals surface area (Å²) in [6.07, 6.45) is 2.02. The van der Waals surface area contributed by atoms with Crippen LogP contribution >= 0.6 is 0 Å². The largest absolute Gasteiger partial charge is 0.320 e. The highest BCUT2D eigenvalue weighted by Crippen LogP contribution is 2.32. The van der Waals surface area contributed by atoms with Crippen LogP contribution in [0.3, 0.4) is 0 Å². The van der Waals surface area contributed by atoms with Gasteiger partial charge in [-0.05, 0) is 38.8 Å². The van der Waals surface area contributed by atoms with Gasteiger partial charge in [-0.2, -0.15) is 5.26 Å². The van der Waals surface area contributed by atoms with Crippen LogP contribution in [-0.2, 0) is 5.54 Å². The molecular formula is C15H21N3. The van der Waals surface area contributed by atoms with Crippen LogP contribution in [0.15, 0.2) is 30.3 Å². The van der Waals surface area contributed by atoms with Crippen LogP contribution in [0.5, 0.6) is 0 Å². The Morgan fingerprint density at radius 2 is 2.00 bits per heavy atom. The maximum Gasteiger partial charge on any atom is 0.103 e. The SMILES string of the molecule is CC(C)(C#N)N1CCCC(N)(c2ccccc2)C1. The van der Waals surface area contributed by atoms with Gasteiger partial charge in [0, 0.05) is 6.54 Å². The smallest absolute Gasteiger partial charge is 0.103 e. The number of likely N-dealkylation sites (tertiary alicyclic amines) is 1. The Bertz CT molecular complexity index is 447. The minimum atomic E-state index is -0.445. The fraction of sp³-hybridized carbons (Fsp3) is 0.533. The average molecular weight is 243 g/mol. The molecule has 1 fully saturated rings. The number of nitriles is 1. The van der Waals surface area contributed by atoms with Crippen molar-refractivity contribution < 1.29 is 0 Å². The molecular weight excluding hydrogens is 222 g/mol. The molecule has 0 amide bonds. The maximum absolute atomic E-state index is 9.25. The quantitative estimate of drug-likeness (QED) is 0.866. The van der Waals surface area contributed by atoms with Crippen LogP contribution < -0.4 is 5.73 Å². The van der Waals surface area contributed by atoms with Gasteiger partial charge in [0.25, 0.3) is 0 Å². The summed E-state index contributed by atoms with van der Waals surface area (Å²) in [7, 11) is 0. The standard InChI is InChI=1S/C15H21N3/c1-14(2,11-16)18-10-6-9-15(17,12-18)13-7-4-3-5-8-13/h3-5,7-8H,6,9-10,12,17H2,1-2H3. The van der Waals surface area contributed by atoms with Crippen molar-refractivity contribution in [1.82, 2.24) is 4.90 Å². The second-order valence-corrected chi connectivity index (χ2v) is 5.72. The topological polar surface area (TPSA) is 53.0 Å². The van der Waals surface area contributed by atoms with Crippen LogP contribution in [0.4, 0.5) is 0 Å². The van der Waals surface area contributed by atoms with E-state index in [4.69, 9.17) is 5.73 Å². The molecule has 0 aliphatic carbocycles. The van der Waals surface area contributed by atoms with Gasteiger partial charge in [0.1, 0.15) is 5.54 Å². The summed E-state index contributed by atoms with van der Waals surface area (Å²) in [5.41, 5.74) is 6.97. The van der Waals surface area contributed by atoms with Gasteiger partial charge >= 0.3 is 0 Å². The molecule has 1 unspecified atom stereocenters. The Hall–Kier alpha value is -1.37. The molecule has 0 aromatic heterocycles. The third-order valence-corrected chi connectivity index (χ3v) is 3.94. The van der Waals surface area contributed by atoms with E-state index in [1.165, 1.54) is 5.56 Å². The molecule has 1 saturated heterocycles. The number of rotatable bonds is 2. The van der Waals surface area contributed by atoms with Gasteiger partial charge in [-0.1, -0.05) is 30.3 Å². The van der Waals surface area contributed by atoms with Crippen molar-refractivity contribution in [2.45, 2.75) is 37.8 Å². The predicted octanol–water partition coefficient (Wildman–Crippen LogP) is 2.24. The van der Waals surface area contributed by atoms with Crippen LogP contribution in [-0.4, -0.2) is 23.5 Å². The molecule has 1 aliphatic heterocycles. The zero-order chi connectivity index (χ0) is 13.2. The van der Waals surface area contributed by atoms with Crippen LogP contribution in [0.1, 0.15) is 32.3 Å². The summed E-state index contributed by atoms with van der Waals surface area (Å²) in [6.45, 7) is 5.62. The zero-order valence-corrected chi connectivity index (χ0v) is 11.2. The fourth-order valence-corrected chi connectivity index (χ4v) is 2.64. The number of nitrogens with two attached hydrogens (primary N) is 1. The van der Waals surface area contributed by atoms with Crippen LogP contribution in [0.25, 0.3) is 0 Å². The molecule has 1 aliphatic rings. The second kappa shape index (κ2) is 4.72. The molecule has 2 rings (SSSR count). The Balaban J connectivity index is 2.24. The van der Waals surface area contributed by atoms with E-state index in [9.17, 15) is 5.26 Å². The third-order valence-electron chi connectivity index (χ3n) is 3.94. The minimum absolute atomic E-state index is 0.326. The lowest BCUT2D eigenvalue weighted by atomic mass is 9.81. The van der Waals surface area contributed by atoms with Crippen molar-refractivity contribution in [3.63, 3.8) is 0 Å². The lowest BCUT2D eigenvalue weighted by Crippen LogP contribution is -2.57. The molecule has 3 heteroatoms. The summed E-state index contributed by atoms with van der Waals surface area (Å²) in [5.74, 6) is 0. The molecule has 0 radical (unpaired) electrons. The zero-order valence-electron chi connectivity index (χ0n) is 11.2. The lowest BCUT2D eigenvalue weighted by molar-refractivity contribution is 0.0844. The highest BCUT2D eigenvalue weighted by molar-refractivity contribution is 5.25. The van der Waals surface area contributed by atoms with E-state index in [0.29, 0.717) is 0 Å². The summed E-state index contributed by atoms with van der Waals surface area (Å²) >= 11 is 0. The minimum Gasteiger partial charge on any atom is -0.320 e. The van der Waals surface area contributed by atoms with Crippen LogP contribution in [0, 0.1) is 11.3 Å². The number of hydrogen-bond acceptors (Lipinski definition) is 3. The van der Waals surface area contributed by atoms with Gasteiger partial charge in [-0.15, -0.1) is 0 Å². The highest BCUT2D eigenvalue weighted by atomic mass is 15.2. The summed E-state index contributed by atoms with van der Waals surface area (Å²) in [4.78, 5) is 2.20. The number of piperidine rings is 1. The van der Waals surface area contributed by atoms with Crippen molar-refractivity contribution in [3.8, 4) is 6.07 Å². The van der Waals surface area contributed by atoms with E-state index in [2.05, 4.69) is 23.1 Å². The van der Waals surface area contributed by atoms with Gasteiger partial charge in [0.05, 0.1) is 11.6 Å². The number of hydrogen-bond donors (Lipinski definition) is 1. The molecule has 0 bridgehead atoms. The normalized spacial score (nSPS) is 25.7. The molecule has 0 saturated carbocycles. The summed E-state index contributed by atoms with van der Waals surface area (Å²) < 4.78 is 0. The van der Waals surface area contributed by atoms with E-state index in [1.807, 2.05) is 32.0 Å². The first-order valence-corrected chi connectivity index (χ1v) is 6.49. The molecule has 1 aromatic carbocycles. The Labute approximate surface area is 109 Å². The molecule has 2 N–H and O–H groups in total. The second-order valence-electron chi connectivity index (χ2n) is 5.72. The van der Waals surface area contributed by atoms with Crippen LogP contribution in [0.2, 0.25) is 0 Å². The lowest BCUT2D eigenvalue weighted by Gasteiger charge is -2.45. The van der Waals surface area contributed by atoms with E-state index >= 15 is 0 Å². The number of nitrogens with zero attached hydrogens (tertiary/aromatic N) is 2. The monoisotopic (exact) mass is 243 g/mol. The molecule has 1 atom stereocenters. The predicted molar refractivity (Wildman–Crippen MR) is 72.8 cm³/mol. The molecule has 3 nitrogen and oxygen atoms in total. The number of benzene rings is 1. The first-order chi connectivity index (χ1) is 8.48. The van der Waals surface area contributed by atoms with Crippen molar-refractivity contribution >= 4 is 0 Å². The van der Waals surface area contributed by atoms with Crippen molar-refractivity contribution in [3.05, 3.63) is 35.9 Å². The van der Waals surface area contributed by atoms with Gasteiger partial charge < -0.3 is 5.73 Å². The summed E-state index contributed by atoms with van der Waals surface area (Å²) in [6, 6.07) is 12.6. The first-order valence-electron chi connectivity index (χ1n) is 6.49. The van der Waals surface area contributed by atoms with Gasteiger partial charge in [-0.25, -0.2) is 0 Å². The Morgan fingerprint density at radius 3 is 2.61 bits per heavy atom. The third kappa shape index (κ3) is 2.40. The van der Waals surface area contributed by atoms with Gasteiger partial charge in [0.15, 0.2) is 0 Å². The maximum atomic E-state index is 9.25. The van der Waals surface area contributed by atoms with Gasteiger partial charge in [-0.3, -0.25) is 4.90 Å². The Kier molecular flexibility index (Phi) is 3.43. The Morgan fingerprint density at radius 1 is 1.33 bits per heavy atom. The van der Waals surface area contributed by atoms with E-state index in [1.54, 1.807) is 0 Å². The van der Waals surface area contributed by atoms with Crippen molar-refractivity contribution in [2.24, 2.45) is 5.73 Å². The van der Waals surface area contributed by atoms with Crippen molar-refractivity contribution in [2.75, 3.05) is 13.1 Å². The van der Waals surface area contributed by atoms with Crippen molar-refractivity contribution in [1.29, 1.82) is 5.26 Å². The van der Waals surface area contributed by atoms with E-state index in [-0.39, 0.29) is 5.54 Å². The molecule has 18 heavy (non-hydrogen) atoms. The van der Waals surface area contributed by atoms with E-state index < -0.39 is 5.54 Å². The molecule has 96 valence electrons. The molecule has 0 spiro atoms. The fourth-order valence-electron chi connectivity index (χ4n) is 2.64. The van der Waals surface area contributed by atoms with Gasteiger partial charge in [0.2, 0.25) is 0 Å². The summed E-state index contributed by atoms with van der Waals surface area (Å²) in [5, 5.41) is 9.25. The average Bonchev–Trinajstić information content (AvgIpc) is 2.40. The molecule has 1 heterocycles.